The Labute approximate surface area is 123 Å². The van der Waals surface area contributed by atoms with Crippen LogP contribution in [0.3, 0.4) is 0 Å². The fraction of sp³-hybridized carbons (Fsp3) is 0.467. The highest BCUT2D eigenvalue weighted by Gasteiger charge is 2.23. The molecule has 1 aromatic carbocycles. The minimum Gasteiger partial charge on any atom is -0.494 e. The van der Waals surface area contributed by atoms with Gasteiger partial charge in [-0.25, -0.2) is 0 Å². The van der Waals surface area contributed by atoms with Crippen molar-refractivity contribution in [2.45, 2.75) is 32.2 Å². The van der Waals surface area contributed by atoms with Crippen molar-refractivity contribution in [1.29, 1.82) is 0 Å². The van der Waals surface area contributed by atoms with E-state index in [2.05, 4.69) is 0 Å². The Hall–Kier alpha value is -2.08. The summed E-state index contributed by atoms with van der Waals surface area (Å²) in [6.07, 6.45) is 0.786. The van der Waals surface area contributed by atoms with Crippen LogP contribution in [0.2, 0.25) is 0 Å². The van der Waals surface area contributed by atoms with Crippen molar-refractivity contribution in [1.82, 2.24) is 0 Å². The van der Waals surface area contributed by atoms with E-state index >= 15 is 0 Å². The summed E-state index contributed by atoms with van der Waals surface area (Å²) in [5, 5.41) is 17.8. The number of rotatable bonds is 9. The molecule has 0 radical (unpaired) electrons. The van der Waals surface area contributed by atoms with Crippen molar-refractivity contribution in [3.63, 3.8) is 0 Å². The van der Waals surface area contributed by atoms with Crippen molar-refractivity contribution in [3.8, 4) is 5.75 Å². The van der Waals surface area contributed by atoms with Crippen molar-refractivity contribution < 1.29 is 24.5 Å². The Morgan fingerprint density at radius 1 is 1.19 bits per heavy atom. The molecule has 0 spiro atoms. The SMILES string of the molecule is Cc1ccc(OCCCC(CC(N)C(=O)O)C(=O)O)cc1. The summed E-state index contributed by atoms with van der Waals surface area (Å²) in [6, 6.07) is 6.42. The first-order valence-corrected chi connectivity index (χ1v) is 6.81. The van der Waals surface area contributed by atoms with Crippen LogP contribution in [0.15, 0.2) is 24.3 Å². The number of aryl methyl sites for hydroxylation is 1. The summed E-state index contributed by atoms with van der Waals surface area (Å²) in [5.74, 6) is -2.24. The average Bonchev–Trinajstić information content (AvgIpc) is 2.43. The number of benzene rings is 1. The predicted octanol–water partition coefficient (Wildman–Crippen LogP) is 1.66. The van der Waals surface area contributed by atoms with Crippen molar-refractivity contribution in [3.05, 3.63) is 29.8 Å². The van der Waals surface area contributed by atoms with E-state index in [0.717, 1.165) is 11.3 Å². The Morgan fingerprint density at radius 2 is 1.81 bits per heavy atom. The lowest BCUT2D eigenvalue weighted by Gasteiger charge is -2.15. The monoisotopic (exact) mass is 295 g/mol. The molecule has 4 N–H and O–H groups in total. The molecule has 116 valence electrons. The summed E-state index contributed by atoms with van der Waals surface area (Å²) in [4.78, 5) is 21.7. The van der Waals surface area contributed by atoms with Crippen LogP contribution in [-0.4, -0.2) is 34.8 Å². The number of aliphatic carboxylic acids is 2. The molecule has 6 heteroatoms. The fourth-order valence-electron chi connectivity index (χ4n) is 1.90. The van der Waals surface area contributed by atoms with Gasteiger partial charge >= 0.3 is 11.9 Å². The number of carboxylic acid groups (broad SMARTS) is 2. The van der Waals surface area contributed by atoms with Gasteiger partial charge in [-0.15, -0.1) is 0 Å². The van der Waals surface area contributed by atoms with E-state index < -0.39 is 23.9 Å². The van der Waals surface area contributed by atoms with Crippen LogP contribution in [0.1, 0.15) is 24.8 Å². The second kappa shape index (κ2) is 8.26. The maximum absolute atomic E-state index is 11.1. The Kier molecular flexibility index (Phi) is 6.68. The second-order valence-electron chi connectivity index (χ2n) is 5.02. The van der Waals surface area contributed by atoms with E-state index in [4.69, 9.17) is 20.7 Å². The molecule has 0 saturated carbocycles. The van der Waals surface area contributed by atoms with Gasteiger partial charge in [-0.2, -0.15) is 0 Å². The van der Waals surface area contributed by atoms with Gasteiger partial charge in [0.2, 0.25) is 0 Å². The molecule has 1 rings (SSSR count). The van der Waals surface area contributed by atoms with E-state index in [0.29, 0.717) is 19.4 Å². The summed E-state index contributed by atoms with van der Waals surface area (Å²) in [7, 11) is 0. The molecule has 0 bridgehead atoms. The topological polar surface area (TPSA) is 110 Å². The van der Waals surface area contributed by atoms with E-state index in [1.54, 1.807) is 0 Å². The number of ether oxygens (including phenoxy) is 1. The zero-order valence-corrected chi connectivity index (χ0v) is 12.0. The first-order valence-electron chi connectivity index (χ1n) is 6.81. The van der Waals surface area contributed by atoms with E-state index in [1.165, 1.54) is 0 Å². The standard InChI is InChI=1S/C15H21NO5/c1-10-4-6-12(7-5-10)21-8-2-3-11(14(17)18)9-13(16)15(19)20/h4-7,11,13H,2-3,8-9,16H2,1H3,(H,17,18)(H,19,20). The van der Waals surface area contributed by atoms with Crippen molar-refractivity contribution in [2.24, 2.45) is 11.7 Å². The molecule has 2 atom stereocenters. The van der Waals surface area contributed by atoms with Crippen molar-refractivity contribution in [2.75, 3.05) is 6.61 Å². The molecule has 0 amide bonds. The van der Waals surface area contributed by atoms with Crippen LogP contribution in [0.4, 0.5) is 0 Å². The average molecular weight is 295 g/mol. The molecule has 2 unspecified atom stereocenters. The smallest absolute Gasteiger partial charge is 0.320 e. The zero-order chi connectivity index (χ0) is 15.8. The van der Waals surface area contributed by atoms with Crippen LogP contribution < -0.4 is 10.5 Å². The molecule has 0 saturated heterocycles. The molecule has 6 nitrogen and oxygen atoms in total. The first kappa shape index (κ1) is 17.0. The van der Waals surface area contributed by atoms with Crippen LogP contribution in [0, 0.1) is 12.8 Å². The van der Waals surface area contributed by atoms with Gasteiger partial charge in [-0.3, -0.25) is 9.59 Å². The summed E-state index contributed by atoms with van der Waals surface area (Å²) in [6.45, 7) is 2.36. The summed E-state index contributed by atoms with van der Waals surface area (Å²) >= 11 is 0. The molecular weight excluding hydrogens is 274 g/mol. The maximum atomic E-state index is 11.1. The third kappa shape index (κ3) is 6.27. The fourth-order valence-corrected chi connectivity index (χ4v) is 1.90. The van der Waals surface area contributed by atoms with Crippen molar-refractivity contribution >= 4 is 11.9 Å². The molecule has 0 aliphatic carbocycles. The van der Waals surface area contributed by atoms with E-state index in [-0.39, 0.29) is 6.42 Å². The Balaban J connectivity index is 2.35. The van der Waals surface area contributed by atoms with E-state index in [1.807, 2.05) is 31.2 Å². The largest absolute Gasteiger partial charge is 0.494 e. The molecule has 1 aromatic rings. The van der Waals surface area contributed by atoms with Gasteiger partial charge in [0, 0.05) is 0 Å². The zero-order valence-electron chi connectivity index (χ0n) is 12.0. The first-order chi connectivity index (χ1) is 9.90. The van der Waals surface area contributed by atoms with Gasteiger partial charge in [0.15, 0.2) is 0 Å². The number of nitrogens with two attached hydrogens (primary N) is 1. The molecule has 0 aliphatic rings. The van der Waals surface area contributed by atoms with Crippen LogP contribution in [-0.2, 0) is 9.59 Å². The van der Waals surface area contributed by atoms with Gasteiger partial charge in [-0.05, 0) is 38.3 Å². The summed E-state index contributed by atoms with van der Waals surface area (Å²) in [5.41, 5.74) is 6.51. The van der Waals surface area contributed by atoms with Gasteiger partial charge in [-0.1, -0.05) is 17.7 Å². The number of carbonyl (C=O) groups is 2. The maximum Gasteiger partial charge on any atom is 0.320 e. The predicted molar refractivity (Wildman–Crippen MR) is 77.3 cm³/mol. The van der Waals surface area contributed by atoms with Crippen LogP contribution in [0.25, 0.3) is 0 Å². The lowest BCUT2D eigenvalue weighted by molar-refractivity contribution is -0.143. The lowest BCUT2D eigenvalue weighted by atomic mass is 9.95. The second-order valence-corrected chi connectivity index (χ2v) is 5.02. The molecule has 0 aromatic heterocycles. The normalized spacial score (nSPS) is 13.4. The minimum absolute atomic E-state index is 0.0742. The number of hydrogen-bond donors (Lipinski definition) is 3. The number of carboxylic acids is 2. The molecule has 0 heterocycles. The van der Waals surface area contributed by atoms with Gasteiger partial charge in [0.1, 0.15) is 11.8 Å². The molecule has 0 fully saturated rings. The Morgan fingerprint density at radius 3 is 2.33 bits per heavy atom. The van der Waals surface area contributed by atoms with Gasteiger partial charge < -0.3 is 20.7 Å². The quantitative estimate of drug-likeness (QED) is 0.598. The molecule has 21 heavy (non-hydrogen) atoms. The number of hydrogen-bond acceptors (Lipinski definition) is 4. The highest BCUT2D eigenvalue weighted by Crippen LogP contribution is 2.16. The third-order valence-corrected chi connectivity index (χ3v) is 3.19. The van der Waals surface area contributed by atoms with Crippen LogP contribution >= 0.6 is 0 Å². The van der Waals surface area contributed by atoms with Gasteiger partial charge in [0.25, 0.3) is 0 Å². The summed E-state index contributed by atoms with van der Waals surface area (Å²) < 4.78 is 5.50. The van der Waals surface area contributed by atoms with Crippen LogP contribution in [0.5, 0.6) is 5.75 Å². The third-order valence-electron chi connectivity index (χ3n) is 3.19. The molecule has 0 aliphatic heterocycles. The minimum atomic E-state index is -1.18. The lowest BCUT2D eigenvalue weighted by Crippen LogP contribution is -2.34. The van der Waals surface area contributed by atoms with E-state index in [9.17, 15) is 9.59 Å². The highest BCUT2D eigenvalue weighted by molar-refractivity contribution is 5.75. The Bertz CT molecular complexity index is 471. The highest BCUT2D eigenvalue weighted by atomic mass is 16.5. The van der Waals surface area contributed by atoms with Gasteiger partial charge in [0.05, 0.1) is 12.5 Å². The molecular formula is C15H21NO5.